The first-order chi connectivity index (χ1) is 13.2. The molecule has 1 saturated heterocycles. The molecule has 1 atom stereocenters. The normalized spacial score (nSPS) is 16.7. The van der Waals surface area contributed by atoms with Crippen LogP contribution in [0.25, 0.3) is 0 Å². The van der Waals surface area contributed by atoms with E-state index in [0.717, 1.165) is 44.0 Å². The van der Waals surface area contributed by atoms with Crippen molar-refractivity contribution in [2.24, 2.45) is 0 Å². The maximum atomic E-state index is 12.5. The standard InChI is InChI=1S/C22H29N3O2/c1-18(22(26)23-16-19-8-10-21(27-2)11-9-19)25-14-12-24(13-15-25)17-20-6-4-3-5-7-20/h3-11,18H,12-17H2,1-2H3,(H,23,26)/t18-/m1/s1. The molecular weight excluding hydrogens is 338 g/mol. The third-order valence-corrected chi connectivity index (χ3v) is 5.21. The second-order valence-electron chi connectivity index (χ2n) is 7.04. The van der Waals surface area contributed by atoms with Crippen LogP contribution in [-0.2, 0) is 17.9 Å². The van der Waals surface area contributed by atoms with Crippen molar-refractivity contribution >= 4 is 5.91 Å². The Morgan fingerprint density at radius 3 is 2.30 bits per heavy atom. The first-order valence-corrected chi connectivity index (χ1v) is 9.56. The van der Waals surface area contributed by atoms with Crippen molar-refractivity contribution in [2.75, 3.05) is 33.3 Å². The summed E-state index contributed by atoms with van der Waals surface area (Å²) in [7, 11) is 1.65. The summed E-state index contributed by atoms with van der Waals surface area (Å²) in [4.78, 5) is 17.2. The summed E-state index contributed by atoms with van der Waals surface area (Å²) in [6, 6.07) is 18.2. The highest BCUT2D eigenvalue weighted by Crippen LogP contribution is 2.12. The fourth-order valence-corrected chi connectivity index (χ4v) is 3.40. The zero-order valence-corrected chi connectivity index (χ0v) is 16.2. The van der Waals surface area contributed by atoms with Gasteiger partial charge in [-0.2, -0.15) is 0 Å². The van der Waals surface area contributed by atoms with Gasteiger partial charge in [0, 0.05) is 39.3 Å². The Labute approximate surface area is 161 Å². The minimum atomic E-state index is -0.109. The number of amides is 1. The number of piperazine rings is 1. The highest BCUT2D eigenvalue weighted by molar-refractivity contribution is 5.81. The summed E-state index contributed by atoms with van der Waals surface area (Å²) in [6.45, 7) is 7.34. The smallest absolute Gasteiger partial charge is 0.237 e. The highest BCUT2D eigenvalue weighted by Gasteiger charge is 2.25. The second kappa shape index (κ2) is 9.53. The van der Waals surface area contributed by atoms with Crippen molar-refractivity contribution in [3.63, 3.8) is 0 Å². The van der Waals surface area contributed by atoms with Crippen molar-refractivity contribution in [1.29, 1.82) is 0 Å². The van der Waals surface area contributed by atoms with Crippen molar-refractivity contribution in [1.82, 2.24) is 15.1 Å². The largest absolute Gasteiger partial charge is 0.497 e. The Kier molecular flexibility index (Phi) is 6.85. The Morgan fingerprint density at radius 2 is 1.67 bits per heavy atom. The molecule has 27 heavy (non-hydrogen) atoms. The van der Waals surface area contributed by atoms with Crippen LogP contribution in [0.5, 0.6) is 5.75 Å². The molecule has 1 amide bonds. The highest BCUT2D eigenvalue weighted by atomic mass is 16.5. The lowest BCUT2D eigenvalue weighted by Crippen LogP contribution is -2.53. The summed E-state index contributed by atoms with van der Waals surface area (Å²) in [5, 5.41) is 3.05. The van der Waals surface area contributed by atoms with Gasteiger partial charge in [-0.15, -0.1) is 0 Å². The molecule has 0 bridgehead atoms. The minimum absolute atomic E-state index is 0.0855. The Balaban J connectivity index is 1.42. The predicted molar refractivity (Wildman–Crippen MR) is 108 cm³/mol. The first kappa shape index (κ1) is 19.4. The van der Waals surface area contributed by atoms with Crippen molar-refractivity contribution in [3.05, 3.63) is 65.7 Å². The summed E-state index contributed by atoms with van der Waals surface area (Å²) in [6.07, 6.45) is 0. The van der Waals surface area contributed by atoms with Gasteiger partial charge in [0.25, 0.3) is 0 Å². The molecule has 0 aromatic heterocycles. The van der Waals surface area contributed by atoms with Crippen LogP contribution in [0.4, 0.5) is 0 Å². The van der Waals surface area contributed by atoms with E-state index in [2.05, 4.69) is 39.4 Å². The molecule has 5 heteroatoms. The molecule has 144 valence electrons. The molecule has 0 radical (unpaired) electrons. The van der Waals surface area contributed by atoms with Crippen LogP contribution in [0.1, 0.15) is 18.1 Å². The summed E-state index contributed by atoms with van der Waals surface area (Å²) in [5.74, 6) is 0.911. The molecule has 3 rings (SSSR count). The number of hydrogen-bond acceptors (Lipinski definition) is 4. The van der Waals surface area contributed by atoms with E-state index in [-0.39, 0.29) is 11.9 Å². The van der Waals surface area contributed by atoms with Gasteiger partial charge in [-0.05, 0) is 30.2 Å². The summed E-state index contributed by atoms with van der Waals surface area (Å²) in [5.41, 5.74) is 2.42. The lowest BCUT2D eigenvalue weighted by atomic mass is 10.1. The van der Waals surface area contributed by atoms with Gasteiger partial charge in [-0.3, -0.25) is 14.6 Å². The number of rotatable bonds is 7. The zero-order valence-electron chi connectivity index (χ0n) is 16.2. The Bertz CT molecular complexity index is 710. The van der Waals surface area contributed by atoms with Gasteiger partial charge in [-0.25, -0.2) is 0 Å². The monoisotopic (exact) mass is 367 g/mol. The molecule has 0 saturated carbocycles. The lowest BCUT2D eigenvalue weighted by Gasteiger charge is -2.37. The SMILES string of the molecule is COc1ccc(CNC(=O)[C@@H](C)N2CCN(Cc3ccccc3)CC2)cc1. The molecule has 5 nitrogen and oxygen atoms in total. The predicted octanol–water partition coefficient (Wildman–Crippen LogP) is 2.52. The van der Waals surface area contributed by atoms with Gasteiger partial charge in [0.05, 0.1) is 13.2 Å². The minimum Gasteiger partial charge on any atom is -0.497 e. The Hall–Kier alpha value is -2.37. The molecule has 2 aromatic rings. The fourth-order valence-electron chi connectivity index (χ4n) is 3.40. The van der Waals surface area contributed by atoms with Gasteiger partial charge in [0.15, 0.2) is 0 Å². The van der Waals surface area contributed by atoms with E-state index in [0.29, 0.717) is 6.54 Å². The topological polar surface area (TPSA) is 44.8 Å². The average molecular weight is 367 g/mol. The van der Waals surface area contributed by atoms with E-state index in [4.69, 9.17) is 4.74 Å². The molecule has 1 N–H and O–H groups in total. The number of hydrogen-bond donors (Lipinski definition) is 1. The molecule has 0 spiro atoms. The third-order valence-electron chi connectivity index (χ3n) is 5.21. The van der Waals surface area contributed by atoms with Crippen LogP contribution in [0.2, 0.25) is 0 Å². The van der Waals surface area contributed by atoms with Crippen molar-refractivity contribution in [2.45, 2.75) is 26.1 Å². The van der Waals surface area contributed by atoms with Crippen LogP contribution >= 0.6 is 0 Å². The van der Waals surface area contributed by atoms with E-state index in [1.165, 1.54) is 5.56 Å². The number of nitrogens with one attached hydrogen (secondary N) is 1. The molecular formula is C22H29N3O2. The van der Waals surface area contributed by atoms with Gasteiger partial charge >= 0.3 is 0 Å². The number of methoxy groups -OCH3 is 1. The van der Waals surface area contributed by atoms with Gasteiger partial charge in [-0.1, -0.05) is 42.5 Å². The van der Waals surface area contributed by atoms with Crippen LogP contribution in [0.3, 0.4) is 0 Å². The number of nitrogens with zero attached hydrogens (tertiary/aromatic N) is 2. The van der Waals surface area contributed by atoms with E-state index in [9.17, 15) is 4.79 Å². The van der Waals surface area contributed by atoms with Crippen LogP contribution in [-0.4, -0.2) is 55.0 Å². The molecule has 1 aliphatic rings. The maximum absolute atomic E-state index is 12.5. The quantitative estimate of drug-likeness (QED) is 0.817. The molecule has 2 aromatic carbocycles. The van der Waals surface area contributed by atoms with Crippen molar-refractivity contribution < 1.29 is 9.53 Å². The van der Waals surface area contributed by atoms with Crippen LogP contribution in [0.15, 0.2) is 54.6 Å². The fraction of sp³-hybridized carbons (Fsp3) is 0.409. The molecule has 0 unspecified atom stereocenters. The molecule has 1 heterocycles. The van der Waals surface area contributed by atoms with E-state index in [1.54, 1.807) is 7.11 Å². The van der Waals surface area contributed by atoms with E-state index < -0.39 is 0 Å². The maximum Gasteiger partial charge on any atom is 0.237 e. The van der Waals surface area contributed by atoms with Crippen LogP contribution in [0, 0.1) is 0 Å². The van der Waals surface area contributed by atoms with E-state index in [1.807, 2.05) is 37.3 Å². The van der Waals surface area contributed by atoms with Crippen molar-refractivity contribution in [3.8, 4) is 5.75 Å². The van der Waals surface area contributed by atoms with Gasteiger partial charge in [0.2, 0.25) is 5.91 Å². The molecule has 1 fully saturated rings. The number of ether oxygens (including phenoxy) is 1. The third kappa shape index (κ3) is 5.55. The van der Waals surface area contributed by atoms with E-state index >= 15 is 0 Å². The number of carbonyl (C=O) groups excluding carboxylic acids is 1. The Morgan fingerprint density at radius 1 is 1.00 bits per heavy atom. The summed E-state index contributed by atoms with van der Waals surface area (Å²) >= 11 is 0. The number of carbonyl (C=O) groups is 1. The van der Waals surface area contributed by atoms with Gasteiger partial charge in [0.1, 0.15) is 5.75 Å². The van der Waals surface area contributed by atoms with Crippen LogP contribution < -0.4 is 10.1 Å². The van der Waals surface area contributed by atoms with Gasteiger partial charge < -0.3 is 10.1 Å². The average Bonchev–Trinajstić information content (AvgIpc) is 2.73. The lowest BCUT2D eigenvalue weighted by molar-refractivity contribution is -0.126. The summed E-state index contributed by atoms with van der Waals surface area (Å²) < 4.78 is 5.16. The first-order valence-electron chi connectivity index (χ1n) is 9.56. The molecule has 1 aliphatic heterocycles. The number of benzene rings is 2. The molecule has 0 aliphatic carbocycles. The second-order valence-corrected chi connectivity index (χ2v) is 7.04. The zero-order chi connectivity index (χ0) is 19.1.